The molecule has 1 saturated heterocycles. The minimum Gasteiger partial charge on any atom is -0.358 e. The Hall–Kier alpha value is -4.01. The molecule has 1 atom stereocenters. The van der Waals surface area contributed by atoms with Gasteiger partial charge in [-0.3, -0.25) is 4.57 Å². The average molecular weight is 521 g/mol. The molecular formula is C26H25FN6O3S. The van der Waals surface area contributed by atoms with Gasteiger partial charge in [-0.2, -0.15) is 0 Å². The third-order valence-electron chi connectivity index (χ3n) is 6.03. The summed E-state index contributed by atoms with van der Waals surface area (Å²) in [5.74, 6) is 3.47. The molecule has 1 fully saturated rings. The molecule has 2 N–H and O–H groups in total. The van der Waals surface area contributed by atoms with Crippen LogP contribution < -0.4 is 10.6 Å². The van der Waals surface area contributed by atoms with Crippen LogP contribution in [0.15, 0.2) is 47.4 Å². The van der Waals surface area contributed by atoms with Gasteiger partial charge >= 0.3 is 0 Å². The van der Waals surface area contributed by atoms with E-state index in [1.807, 2.05) is 11.5 Å². The van der Waals surface area contributed by atoms with E-state index in [1.54, 1.807) is 24.3 Å². The van der Waals surface area contributed by atoms with Crippen molar-refractivity contribution in [1.29, 1.82) is 0 Å². The first kappa shape index (κ1) is 24.7. The number of ether oxygens (including phenoxy) is 1. The summed E-state index contributed by atoms with van der Waals surface area (Å²) in [4.78, 5) is 13.8. The van der Waals surface area contributed by atoms with Gasteiger partial charge in [-0.25, -0.2) is 27.8 Å². The Labute approximate surface area is 214 Å². The van der Waals surface area contributed by atoms with Gasteiger partial charge in [0.25, 0.3) is 0 Å². The molecule has 37 heavy (non-hydrogen) atoms. The summed E-state index contributed by atoms with van der Waals surface area (Å²) in [7, 11) is -3.72. The Morgan fingerprint density at radius 3 is 2.65 bits per heavy atom. The summed E-state index contributed by atoms with van der Waals surface area (Å²) in [5, 5.41) is 6.32. The maximum Gasteiger partial charge on any atom is 0.177 e. The van der Waals surface area contributed by atoms with Crippen molar-refractivity contribution in [2.75, 3.05) is 23.5 Å². The van der Waals surface area contributed by atoms with Crippen LogP contribution in [0, 0.1) is 25.1 Å². The van der Waals surface area contributed by atoms with E-state index in [0.717, 1.165) is 31.6 Å². The van der Waals surface area contributed by atoms with Crippen LogP contribution in [0.2, 0.25) is 0 Å². The molecule has 11 heteroatoms. The molecule has 0 spiro atoms. The largest absolute Gasteiger partial charge is 0.358 e. The van der Waals surface area contributed by atoms with E-state index in [9.17, 15) is 12.8 Å². The molecule has 0 saturated carbocycles. The van der Waals surface area contributed by atoms with Crippen LogP contribution in [0.5, 0.6) is 0 Å². The van der Waals surface area contributed by atoms with Crippen molar-refractivity contribution in [3.8, 4) is 12.3 Å². The Balaban J connectivity index is 1.66. The van der Waals surface area contributed by atoms with Crippen molar-refractivity contribution in [2.24, 2.45) is 0 Å². The summed E-state index contributed by atoms with van der Waals surface area (Å²) in [6, 6.07) is 10.5. The summed E-state index contributed by atoms with van der Waals surface area (Å²) in [5.41, 5.74) is 2.23. The van der Waals surface area contributed by atoms with Crippen LogP contribution in [0.3, 0.4) is 0 Å². The third-order valence-corrected chi connectivity index (χ3v) is 7.17. The summed E-state index contributed by atoms with van der Waals surface area (Å²) in [6.07, 6.45) is 9.12. The van der Waals surface area contributed by atoms with Crippen LogP contribution in [-0.4, -0.2) is 40.8 Å². The molecular weight excluding hydrogens is 495 g/mol. The fraction of sp³-hybridized carbons (Fsp3) is 0.269. The second kappa shape index (κ2) is 9.80. The monoisotopic (exact) mass is 520 g/mol. The molecule has 4 aromatic rings. The maximum atomic E-state index is 13.9. The first-order valence-electron chi connectivity index (χ1n) is 11.7. The lowest BCUT2D eigenvalue weighted by Gasteiger charge is -2.25. The number of aromatic nitrogens is 4. The van der Waals surface area contributed by atoms with Crippen LogP contribution in [0.25, 0.3) is 11.2 Å². The molecule has 1 aromatic carbocycles. The summed E-state index contributed by atoms with van der Waals surface area (Å²) >= 11 is 0. The molecule has 190 valence electrons. The highest BCUT2D eigenvalue weighted by atomic mass is 32.2. The molecule has 5 rings (SSSR count). The number of benzene rings is 1. The number of aryl methyl sites for hydroxylation is 1. The predicted octanol–water partition coefficient (Wildman–Crippen LogP) is 4.84. The number of halogens is 1. The van der Waals surface area contributed by atoms with Gasteiger partial charge in [-0.05, 0) is 56.5 Å². The number of anilines is 4. The normalized spacial score (nSPS) is 15.9. The van der Waals surface area contributed by atoms with E-state index in [0.29, 0.717) is 46.6 Å². The molecule has 0 aliphatic carbocycles. The van der Waals surface area contributed by atoms with Gasteiger partial charge < -0.3 is 15.4 Å². The topological polar surface area (TPSA) is 111 Å². The predicted molar refractivity (Wildman–Crippen MR) is 139 cm³/mol. The number of fused-ring (bicyclic) bond motifs is 1. The van der Waals surface area contributed by atoms with Gasteiger partial charge in [0.2, 0.25) is 0 Å². The quantitative estimate of drug-likeness (QED) is 0.347. The lowest BCUT2D eigenvalue weighted by molar-refractivity contribution is -0.0308. The fourth-order valence-corrected chi connectivity index (χ4v) is 5.22. The van der Waals surface area contributed by atoms with Gasteiger partial charge in [0.1, 0.15) is 40.7 Å². The number of terminal acetylenes is 1. The van der Waals surface area contributed by atoms with E-state index >= 15 is 0 Å². The molecule has 1 unspecified atom stereocenters. The molecule has 0 radical (unpaired) electrons. The van der Waals surface area contributed by atoms with Crippen LogP contribution in [0.4, 0.5) is 27.4 Å². The van der Waals surface area contributed by atoms with Crippen LogP contribution in [0.1, 0.15) is 37.0 Å². The second-order valence-electron chi connectivity index (χ2n) is 8.79. The Bertz CT molecular complexity index is 1640. The minimum atomic E-state index is -3.72. The number of rotatable bonds is 6. The van der Waals surface area contributed by atoms with Crippen molar-refractivity contribution < 1.29 is 17.5 Å². The van der Waals surface area contributed by atoms with Crippen LogP contribution in [-0.2, 0) is 14.6 Å². The lowest BCUT2D eigenvalue weighted by Crippen LogP contribution is -2.19. The molecule has 0 bridgehead atoms. The molecule has 0 amide bonds. The zero-order chi connectivity index (χ0) is 26.2. The molecule has 1 aliphatic rings. The molecule has 1 aliphatic heterocycles. The highest BCUT2D eigenvalue weighted by Crippen LogP contribution is 2.35. The molecule has 3 aromatic heterocycles. The van der Waals surface area contributed by atoms with E-state index in [-0.39, 0.29) is 16.8 Å². The summed E-state index contributed by atoms with van der Waals surface area (Å²) < 4.78 is 46.7. The number of sulfone groups is 1. The minimum absolute atomic E-state index is 0.165. The third kappa shape index (κ3) is 5.12. The Morgan fingerprint density at radius 2 is 1.92 bits per heavy atom. The average Bonchev–Trinajstić information content (AvgIpc) is 3.21. The standard InChI is InChI=1S/C26H25FN6O3S/c1-4-18-8-7-9-22(29-18)31-23-15-20(30-19-12-11-17(27)14-21(19)37(3,34)35)25-26(32-23)33(16(2)28-25)24-10-5-6-13-36-24/h1,7-9,11-12,14-15,24H,5-6,10,13H2,2-3H3,(H2,29,30,31,32). The fourth-order valence-electron chi connectivity index (χ4n) is 4.37. The van der Waals surface area contributed by atoms with Crippen molar-refractivity contribution in [3.63, 3.8) is 0 Å². The highest BCUT2D eigenvalue weighted by Gasteiger charge is 2.24. The zero-order valence-electron chi connectivity index (χ0n) is 20.3. The molecule has 9 nitrogen and oxygen atoms in total. The number of imidazole rings is 1. The van der Waals surface area contributed by atoms with Gasteiger partial charge in [0.05, 0.1) is 16.3 Å². The van der Waals surface area contributed by atoms with Crippen LogP contribution >= 0.6 is 0 Å². The highest BCUT2D eigenvalue weighted by molar-refractivity contribution is 7.90. The Kier molecular flexibility index (Phi) is 6.54. The van der Waals surface area contributed by atoms with Gasteiger partial charge in [-0.1, -0.05) is 12.0 Å². The first-order chi connectivity index (χ1) is 17.7. The molecule has 4 heterocycles. The number of nitrogens with zero attached hydrogens (tertiary/aromatic N) is 4. The smallest absolute Gasteiger partial charge is 0.177 e. The van der Waals surface area contributed by atoms with Crippen molar-refractivity contribution in [3.05, 3.63) is 59.8 Å². The SMILES string of the molecule is C#Cc1cccc(Nc2cc(Nc3ccc(F)cc3S(C)(=O)=O)c3nc(C)n(C4CCCCO4)c3n2)n1. The number of pyridine rings is 2. The van der Waals surface area contributed by atoms with E-state index in [2.05, 4.69) is 21.5 Å². The second-order valence-corrected chi connectivity index (χ2v) is 10.8. The van der Waals surface area contributed by atoms with Crippen molar-refractivity contribution in [1.82, 2.24) is 19.5 Å². The van der Waals surface area contributed by atoms with Gasteiger partial charge in [0, 0.05) is 18.9 Å². The van der Waals surface area contributed by atoms with E-state index in [1.165, 1.54) is 12.1 Å². The van der Waals surface area contributed by atoms with Gasteiger partial charge in [0.15, 0.2) is 15.5 Å². The maximum absolute atomic E-state index is 13.9. The number of hydrogen-bond acceptors (Lipinski definition) is 8. The zero-order valence-corrected chi connectivity index (χ0v) is 21.1. The van der Waals surface area contributed by atoms with Crippen molar-refractivity contribution in [2.45, 2.75) is 37.3 Å². The summed E-state index contributed by atoms with van der Waals surface area (Å²) in [6.45, 7) is 2.51. The lowest BCUT2D eigenvalue weighted by atomic mass is 10.2. The number of nitrogens with one attached hydrogen (secondary N) is 2. The first-order valence-corrected chi connectivity index (χ1v) is 13.6. The Morgan fingerprint density at radius 1 is 1.08 bits per heavy atom. The number of hydrogen-bond donors (Lipinski definition) is 2. The van der Waals surface area contributed by atoms with Gasteiger partial charge in [-0.15, -0.1) is 6.42 Å². The van der Waals surface area contributed by atoms with E-state index < -0.39 is 15.7 Å². The van der Waals surface area contributed by atoms with Crippen molar-refractivity contribution >= 4 is 44.0 Å². The van der Waals surface area contributed by atoms with E-state index in [4.69, 9.17) is 21.1 Å².